The van der Waals surface area contributed by atoms with Crippen LogP contribution < -0.4 is 5.32 Å². The lowest BCUT2D eigenvalue weighted by Crippen LogP contribution is -2.55. The van der Waals surface area contributed by atoms with Crippen molar-refractivity contribution < 1.29 is 14.3 Å². The van der Waals surface area contributed by atoms with Crippen LogP contribution in [-0.4, -0.2) is 42.8 Å². The Labute approximate surface area is 161 Å². The summed E-state index contributed by atoms with van der Waals surface area (Å²) in [6, 6.07) is 20.7. The number of benzene rings is 2. The molecule has 1 saturated heterocycles. The topological polar surface area (TPSA) is 50.8 Å². The molecule has 0 aliphatic carbocycles. The van der Waals surface area contributed by atoms with Crippen LogP contribution in [0.25, 0.3) is 0 Å². The number of rotatable bonds is 7. The van der Waals surface area contributed by atoms with Gasteiger partial charge in [0.25, 0.3) is 0 Å². The van der Waals surface area contributed by atoms with Crippen LogP contribution in [0.3, 0.4) is 0 Å². The average Bonchev–Trinajstić information content (AvgIpc) is 2.72. The van der Waals surface area contributed by atoms with E-state index in [0.29, 0.717) is 26.3 Å². The molecule has 1 fully saturated rings. The molecule has 5 heteroatoms. The molecule has 0 radical (unpaired) electrons. The predicted molar refractivity (Wildman–Crippen MR) is 105 cm³/mol. The molecule has 0 saturated carbocycles. The number of likely N-dealkylation sites (tertiary alicyclic amines) is 1. The van der Waals surface area contributed by atoms with Gasteiger partial charge in [-0.25, -0.2) is 4.79 Å². The van der Waals surface area contributed by atoms with Crippen LogP contribution in [0, 0.1) is 0 Å². The van der Waals surface area contributed by atoms with E-state index in [2.05, 4.69) is 29.6 Å². The second-order valence-corrected chi connectivity index (χ2v) is 6.74. The van der Waals surface area contributed by atoms with E-state index in [9.17, 15) is 4.79 Å². The van der Waals surface area contributed by atoms with Gasteiger partial charge in [0.1, 0.15) is 0 Å². The molecule has 1 N–H and O–H groups in total. The summed E-state index contributed by atoms with van der Waals surface area (Å²) in [6.45, 7) is 4.76. The maximum Gasteiger partial charge on any atom is 0.409 e. The van der Waals surface area contributed by atoms with Gasteiger partial charge in [-0.1, -0.05) is 60.7 Å². The zero-order chi connectivity index (χ0) is 18.9. The van der Waals surface area contributed by atoms with Crippen molar-refractivity contribution in [3.05, 3.63) is 71.8 Å². The molecule has 5 nitrogen and oxygen atoms in total. The van der Waals surface area contributed by atoms with Crippen molar-refractivity contribution in [3.63, 3.8) is 0 Å². The van der Waals surface area contributed by atoms with Gasteiger partial charge < -0.3 is 19.7 Å². The lowest BCUT2D eigenvalue weighted by Gasteiger charge is -2.38. The third kappa shape index (κ3) is 5.81. The number of carbonyl (C=O) groups is 1. The highest BCUT2D eigenvalue weighted by Gasteiger charge is 2.32. The summed E-state index contributed by atoms with van der Waals surface area (Å²) in [6.07, 6.45) is 0.505. The van der Waals surface area contributed by atoms with Crippen LogP contribution in [0.4, 0.5) is 4.79 Å². The van der Waals surface area contributed by atoms with E-state index in [4.69, 9.17) is 9.47 Å². The highest BCUT2D eigenvalue weighted by molar-refractivity contribution is 5.67. The summed E-state index contributed by atoms with van der Waals surface area (Å²) in [4.78, 5) is 13.9. The first-order chi connectivity index (χ1) is 13.3. The first-order valence-corrected chi connectivity index (χ1v) is 9.61. The SMILES string of the molecule is CCOC(=O)N1CC[C@@H](NCc2ccccc2)[C@@H](OCc2ccccc2)C1. The van der Waals surface area contributed by atoms with Crippen LogP contribution in [0.15, 0.2) is 60.7 Å². The van der Waals surface area contributed by atoms with Crippen molar-refractivity contribution >= 4 is 6.09 Å². The minimum absolute atomic E-state index is 0.0768. The Balaban J connectivity index is 1.61. The highest BCUT2D eigenvalue weighted by Crippen LogP contribution is 2.18. The zero-order valence-electron chi connectivity index (χ0n) is 15.8. The van der Waals surface area contributed by atoms with Gasteiger partial charge in [0.2, 0.25) is 0 Å². The van der Waals surface area contributed by atoms with E-state index >= 15 is 0 Å². The highest BCUT2D eigenvalue weighted by atomic mass is 16.6. The molecule has 3 rings (SSSR count). The van der Waals surface area contributed by atoms with E-state index < -0.39 is 0 Å². The zero-order valence-corrected chi connectivity index (χ0v) is 15.8. The lowest BCUT2D eigenvalue weighted by atomic mass is 10.0. The molecule has 0 aromatic heterocycles. The molecular weight excluding hydrogens is 340 g/mol. The van der Waals surface area contributed by atoms with Crippen LogP contribution in [-0.2, 0) is 22.6 Å². The van der Waals surface area contributed by atoms with E-state index in [1.807, 2.05) is 43.3 Å². The molecule has 2 aromatic rings. The number of carbonyl (C=O) groups excluding carboxylic acids is 1. The van der Waals surface area contributed by atoms with Gasteiger partial charge in [-0.3, -0.25) is 0 Å². The molecule has 0 spiro atoms. The lowest BCUT2D eigenvalue weighted by molar-refractivity contribution is -0.0300. The van der Waals surface area contributed by atoms with Crippen molar-refractivity contribution in [2.24, 2.45) is 0 Å². The fourth-order valence-corrected chi connectivity index (χ4v) is 3.32. The largest absolute Gasteiger partial charge is 0.450 e. The molecule has 1 aliphatic heterocycles. The summed E-state index contributed by atoms with van der Waals surface area (Å²) in [5.74, 6) is 0. The number of piperidine rings is 1. The third-order valence-corrected chi connectivity index (χ3v) is 4.80. The quantitative estimate of drug-likeness (QED) is 0.811. The predicted octanol–water partition coefficient (Wildman–Crippen LogP) is 3.59. The molecular formula is C22H28N2O3. The Hall–Kier alpha value is -2.37. The second-order valence-electron chi connectivity index (χ2n) is 6.74. The monoisotopic (exact) mass is 368 g/mol. The minimum atomic E-state index is -0.257. The van der Waals surface area contributed by atoms with Crippen LogP contribution in [0.2, 0.25) is 0 Å². The number of nitrogens with one attached hydrogen (secondary N) is 1. The minimum Gasteiger partial charge on any atom is -0.450 e. The number of hydrogen-bond donors (Lipinski definition) is 1. The summed E-state index contributed by atoms with van der Waals surface area (Å²) >= 11 is 0. The Kier molecular flexibility index (Phi) is 7.25. The number of amides is 1. The maximum atomic E-state index is 12.1. The molecule has 1 heterocycles. The number of hydrogen-bond acceptors (Lipinski definition) is 4. The second kappa shape index (κ2) is 10.1. The standard InChI is InChI=1S/C22H28N2O3/c1-2-26-22(25)24-14-13-20(23-15-18-9-5-3-6-10-18)21(16-24)27-17-19-11-7-4-8-12-19/h3-12,20-21,23H,2,13-17H2,1H3/t20-,21+/m1/s1. The summed E-state index contributed by atoms with van der Waals surface area (Å²) in [5.41, 5.74) is 2.37. The Morgan fingerprint density at radius 3 is 2.41 bits per heavy atom. The number of ether oxygens (including phenoxy) is 2. The Bertz CT molecular complexity index is 693. The van der Waals surface area contributed by atoms with Gasteiger partial charge in [0, 0.05) is 19.1 Å². The Morgan fingerprint density at radius 2 is 1.74 bits per heavy atom. The molecule has 1 amide bonds. The first kappa shape index (κ1) is 19.4. The normalized spacial score (nSPS) is 19.7. The van der Waals surface area contributed by atoms with E-state index in [1.165, 1.54) is 5.56 Å². The maximum absolute atomic E-state index is 12.1. The molecule has 27 heavy (non-hydrogen) atoms. The fraction of sp³-hybridized carbons (Fsp3) is 0.409. The summed E-state index contributed by atoms with van der Waals surface area (Å²) < 4.78 is 11.4. The van der Waals surface area contributed by atoms with Gasteiger partial charge in [0.15, 0.2) is 0 Å². The molecule has 0 unspecified atom stereocenters. The van der Waals surface area contributed by atoms with E-state index in [0.717, 1.165) is 18.5 Å². The van der Waals surface area contributed by atoms with E-state index in [1.54, 1.807) is 4.90 Å². The molecule has 2 aromatic carbocycles. The molecule has 2 atom stereocenters. The molecule has 144 valence electrons. The van der Waals surface area contributed by atoms with Crippen molar-refractivity contribution in [2.75, 3.05) is 19.7 Å². The molecule has 1 aliphatic rings. The smallest absolute Gasteiger partial charge is 0.409 e. The van der Waals surface area contributed by atoms with Crippen molar-refractivity contribution in [1.82, 2.24) is 10.2 Å². The van der Waals surface area contributed by atoms with Gasteiger partial charge in [-0.15, -0.1) is 0 Å². The van der Waals surface area contributed by atoms with E-state index in [-0.39, 0.29) is 18.2 Å². The average molecular weight is 368 g/mol. The number of nitrogens with zero attached hydrogens (tertiary/aromatic N) is 1. The van der Waals surface area contributed by atoms with Crippen molar-refractivity contribution in [3.8, 4) is 0 Å². The van der Waals surface area contributed by atoms with Crippen molar-refractivity contribution in [1.29, 1.82) is 0 Å². The summed E-state index contributed by atoms with van der Waals surface area (Å²) in [5, 5.41) is 3.61. The van der Waals surface area contributed by atoms with Gasteiger partial charge >= 0.3 is 6.09 Å². The van der Waals surface area contributed by atoms with Gasteiger partial charge in [-0.2, -0.15) is 0 Å². The third-order valence-electron chi connectivity index (χ3n) is 4.80. The van der Waals surface area contributed by atoms with Crippen LogP contribution >= 0.6 is 0 Å². The summed E-state index contributed by atoms with van der Waals surface area (Å²) in [7, 11) is 0. The van der Waals surface area contributed by atoms with Crippen LogP contribution in [0.1, 0.15) is 24.5 Å². The van der Waals surface area contributed by atoms with Gasteiger partial charge in [0.05, 0.1) is 25.9 Å². The van der Waals surface area contributed by atoms with Crippen LogP contribution in [0.5, 0.6) is 0 Å². The molecule has 0 bridgehead atoms. The first-order valence-electron chi connectivity index (χ1n) is 9.61. The Morgan fingerprint density at radius 1 is 1.07 bits per heavy atom. The van der Waals surface area contributed by atoms with Gasteiger partial charge in [-0.05, 0) is 24.5 Å². The fourth-order valence-electron chi connectivity index (χ4n) is 3.32. The van der Waals surface area contributed by atoms with Crippen molar-refractivity contribution in [2.45, 2.75) is 38.6 Å².